The Balaban J connectivity index is 1.63. The molecule has 2 heterocycles. The summed E-state index contributed by atoms with van der Waals surface area (Å²) in [5, 5.41) is 7.67. The molecular weight excluding hydrogens is 302 g/mol. The molecule has 0 spiro atoms. The first-order chi connectivity index (χ1) is 10.5. The summed E-state index contributed by atoms with van der Waals surface area (Å²) in [5.74, 6) is 0.587. The number of halogens is 1. The van der Waals surface area contributed by atoms with E-state index in [1.54, 1.807) is 4.68 Å². The molecular formula is C15H16ClN5O. The van der Waals surface area contributed by atoms with Crippen LogP contribution in [0.3, 0.4) is 0 Å². The van der Waals surface area contributed by atoms with E-state index in [-0.39, 0.29) is 12.5 Å². The Morgan fingerprint density at radius 1 is 1.36 bits per heavy atom. The molecule has 3 rings (SSSR count). The van der Waals surface area contributed by atoms with Crippen LogP contribution in [0.4, 0.5) is 0 Å². The lowest BCUT2D eigenvalue weighted by Gasteiger charge is -2.05. The molecule has 0 aliphatic rings. The molecule has 0 aliphatic heterocycles. The third-order valence-electron chi connectivity index (χ3n) is 3.48. The molecule has 6 nitrogen and oxygen atoms in total. The first-order valence-corrected chi connectivity index (χ1v) is 7.32. The van der Waals surface area contributed by atoms with Gasteiger partial charge in [0.05, 0.1) is 34.0 Å². The number of hydrogen-bond acceptors (Lipinski definition) is 3. The van der Waals surface area contributed by atoms with Crippen molar-refractivity contribution in [3.8, 4) is 0 Å². The van der Waals surface area contributed by atoms with Gasteiger partial charge in [-0.1, -0.05) is 23.7 Å². The lowest BCUT2D eigenvalue weighted by Crippen LogP contribution is -2.28. The number of aromatic amines is 1. The predicted octanol–water partition coefficient (Wildman–Crippen LogP) is 2.35. The Kier molecular flexibility index (Phi) is 3.85. The average Bonchev–Trinajstić information content (AvgIpc) is 3.02. The summed E-state index contributed by atoms with van der Waals surface area (Å²) in [6.45, 7) is 4.15. The second kappa shape index (κ2) is 5.81. The molecule has 2 aromatic heterocycles. The van der Waals surface area contributed by atoms with Gasteiger partial charge in [0.1, 0.15) is 12.4 Å². The zero-order chi connectivity index (χ0) is 15.7. The Morgan fingerprint density at radius 3 is 2.82 bits per heavy atom. The number of imidazole rings is 1. The maximum absolute atomic E-state index is 12.0. The molecule has 1 aromatic carbocycles. The standard InChI is InChI=1S/C15H16ClN5O/c1-9-15(16)10(2)21(20-9)8-14(22)17-7-13-18-11-5-3-4-6-12(11)19-13/h3-6H,7-8H2,1-2H3,(H,17,22)(H,18,19). The molecule has 0 radical (unpaired) electrons. The van der Waals surface area contributed by atoms with Crippen LogP contribution in [0.5, 0.6) is 0 Å². The van der Waals surface area contributed by atoms with Gasteiger partial charge in [-0.3, -0.25) is 9.48 Å². The van der Waals surface area contributed by atoms with Crippen LogP contribution < -0.4 is 5.32 Å². The molecule has 0 saturated carbocycles. The molecule has 0 saturated heterocycles. The zero-order valence-electron chi connectivity index (χ0n) is 12.4. The fourth-order valence-corrected chi connectivity index (χ4v) is 2.43. The fraction of sp³-hybridized carbons (Fsp3) is 0.267. The number of benzene rings is 1. The largest absolute Gasteiger partial charge is 0.347 e. The molecule has 0 bridgehead atoms. The van der Waals surface area contributed by atoms with Crippen molar-refractivity contribution in [3.05, 3.63) is 46.5 Å². The summed E-state index contributed by atoms with van der Waals surface area (Å²) in [4.78, 5) is 19.6. The number of fused-ring (bicyclic) bond motifs is 1. The lowest BCUT2D eigenvalue weighted by atomic mass is 10.3. The number of amides is 1. The van der Waals surface area contributed by atoms with E-state index in [9.17, 15) is 4.79 Å². The molecule has 114 valence electrons. The van der Waals surface area contributed by atoms with Gasteiger partial charge in [-0.15, -0.1) is 0 Å². The Morgan fingerprint density at radius 2 is 2.14 bits per heavy atom. The van der Waals surface area contributed by atoms with Crippen molar-refractivity contribution in [2.45, 2.75) is 26.9 Å². The first-order valence-electron chi connectivity index (χ1n) is 6.94. The van der Waals surface area contributed by atoms with Gasteiger partial charge in [-0.2, -0.15) is 5.10 Å². The third kappa shape index (κ3) is 2.82. The minimum atomic E-state index is -0.136. The second-order valence-electron chi connectivity index (χ2n) is 5.12. The van der Waals surface area contributed by atoms with Crippen molar-refractivity contribution >= 4 is 28.5 Å². The number of carbonyl (C=O) groups excluding carboxylic acids is 1. The van der Waals surface area contributed by atoms with Crippen molar-refractivity contribution in [3.63, 3.8) is 0 Å². The molecule has 0 unspecified atom stereocenters. The van der Waals surface area contributed by atoms with Crippen LogP contribution in [0.25, 0.3) is 11.0 Å². The van der Waals surface area contributed by atoms with E-state index in [1.807, 2.05) is 38.1 Å². The molecule has 0 atom stereocenters. The highest BCUT2D eigenvalue weighted by Crippen LogP contribution is 2.18. The fourth-order valence-electron chi connectivity index (χ4n) is 2.29. The van der Waals surface area contributed by atoms with E-state index in [1.165, 1.54) is 0 Å². The van der Waals surface area contributed by atoms with Crippen molar-refractivity contribution in [1.29, 1.82) is 0 Å². The minimum Gasteiger partial charge on any atom is -0.347 e. The summed E-state index contributed by atoms with van der Waals surface area (Å²) in [5.41, 5.74) is 3.36. The molecule has 1 amide bonds. The summed E-state index contributed by atoms with van der Waals surface area (Å²) in [7, 11) is 0. The molecule has 0 fully saturated rings. The van der Waals surface area contributed by atoms with Gasteiger partial charge in [0.25, 0.3) is 0 Å². The van der Waals surface area contributed by atoms with E-state index in [2.05, 4.69) is 20.4 Å². The summed E-state index contributed by atoms with van der Waals surface area (Å²) < 4.78 is 1.60. The quantitative estimate of drug-likeness (QED) is 0.775. The van der Waals surface area contributed by atoms with Gasteiger partial charge in [0.2, 0.25) is 5.91 Å². The van der Waals surface area contributed by atoms with Crippen LogP contribution in [-0.4, -0.2) is 25.7 Å². The van der Waals surface area contributed by atoms with Gasteiger partial charge in [-0.25, -0.2) is 4.98 Å². The average molecular weight is 318 g/mol. The van der Waals surface area contributed by atoms with Crippen LogP contribution in [0, 0.1) is 13.8 Å². The van der Waals surface area contributed by atoms with Crippen molar-refractivity contribution in [1.82, 2.24) is 25.1 Å². The molecule has 2 N–H and O–H groups in total. The predicted molar refractivity (Wildman–Crippen MR) is 84.7 cm³/mol. The smallest absolute Gasteiger partial charge is 0.242 e. The minimum absolute atomic E-state index is 0.136. The van der Waals surface area contributed by atoms with Crippen molar-refractivity contribution in [2.24, 2.45) is 0 Å². The van der Waals surface area contributed by atoms with E-state index < -0.39 is 0 Å². The number of hydrogen-bond donors (Lipinski definition) is 2. The van der Waals surface area contributed by atoms with Gasteiger partial charge in [-0.05, 0) is 26.0 Å². The van der Waals surface area contributed by atoms with E-state index in [0.29, 0.717) is 11.6 Å². The molecule has 7 heteroatoms. The normalized spacial score (nSPS) is 11.0. The van der Waals surface area contributed by atoms with Crippen LogP contribution in [0.2, 0.25) is 5.02 Å². The number of carbonyl (C=O) groups is 1. The SMILES string of the molecule is Cc1nn(CC(=O)NCc2nc3ccccc3[nH]2)c(C)c1Cl. The van der Waals surface area contributed by atoms with Gasteiger partial charge < -0.3 is 10.3 Å². The highest BCUT2D eigenvalue weighted by atomic mass is 35.5. The summed E-state index contributed by atoms with van der Waals surface area (Å²) >= 11 is 6.07. The van der Waals surface area contributed by atoms with Crippen molar-refractivity contribution in [2.75, 3.05) is 0 Å². The Labute approximate surface area is 132 Å². The van der Waals surface area contributed by atoms with Gasteiger partial charge in [0, 0.05) is 0 Å². The monoisotopic (exact) mass is 317 g/mol. The third-order valence-corrected chi connectivity index (χ3v) is 4.02. The van der Waals surface area contributed by atoms with Crippen LogP contribution in [0.15, 0.2) is 24.3 Å². The van der Waals surface area contributed by atoms with E-state index >= 15 is 0 Å². The number of para-hydroxylation sites is 2. The number of rotatable bonds is 4. The summed E-state index contributed by atoms with van der Waals surface area (Å²) in [6, 6.07) is 7.74. The van der Waals surface area contributed by atoms with Crippen LogP contribution in [-0.2, 0) is 17.9 Å². The Hall–Kier alpha value is -2.34. The highest BCUT2D eigenvalue weighted by Gasteiger charge is 2.12. The maximum atomic E-state index is 12.0. The molecule has 3 aromatic rings. The highest BCUT2D eigenvalue weighted by molar-refractivity contribution is 6.31. The maximum Gasteiger partial charge on any atom is 0.242 e. The van der Waals surface area contributed by atoms with Crippen LogP contribution >= 0.6 is 11.6 Å². The zero-order valence-corrected chi connectivity index (χ0v) is 13.1. The molecule has 0 aliphatic carbocycles. The Bertz CT molecular complexity index is 803. The van der Waals surface area contributed by atoms with Crippen molar-refractivity contribution < 1.29 is 4.79 Å². The summed E-state index contributed by atoms with van der Waals surface area (Å²) in [6.07, 6.45) is 0. The van der Waals surface area contributed by atoms with Gasteiger partial charge >= 0.3 is 0 Å². The number of aromatic nitrogens is 4. The van der Waals surface area contributed by atoms with E-state index in [0.717, 1.165) is 28.2 Å². The van der Waals surface area contributed by atoms with Crippen LogP contribution in [0.1, 0.15) is 17.2 Å². The first kappa shape index (κ1) is 14.6. The number of aryl methyl sites for hydroxylation is 1. The number of nitrogens with one attached hydrogen (secondary N) is 2. The lowest BCUT2D eigenvalue weighted by molar-refractivity contribution is -0.122. The number of H-pyrrole nitrogens is 1. The second-order valence-corrected chi connectivity index (χ2v) is 5.50. The van der Waals surface area contributed by atoms with Gasteiger partial charge in [0.15, 0.2) is 0 Å². The van der Waals surface area contributed by atoms with E-state index in [4.69, 9.17) is 11.6 Å². The molecule has 22 heavy (non-hydrogen) atoms. The number of nitrogens with zero attached hydrogens (tertiary/aromatic N) is 3. The topological polar surface area (TPSA) is 75.6 Å².